The van der Waals surface area contributed by atoms with Gasteiger partial charge in [0.25, 0.3) is 5.91 Å². The van der Waals surface area contributed by atoms with Crippen molar-refractivity contribution in [1.82, 2.24) is 20.0 Å². The highest BCUT2D eigenvalue weighted by Crippen LogP contribution is 2.52. The molecule has 5 aliphatic rings. The number of carbonyl (C=O) groups is 2. The molecule has 5 fully saturated rings. The lowest BCUT2D eigenvalue weighted by Gasteiger charge is -2.54. The van der Waals surface area contributed by atoms with Crippen molar-refractivity contribution in [2.45, 2.75) is 84.4 Å². The van der Waals surface area contributed by atoms with Crippen molar-refractivity contribution in [1.29, 1.82) is 0 Å². The second kappa shape index (κ2) is 17.1. The van der Waals surface area contributed by atoms with Crippen molar-refractivity contribution in [3.05, 3.63) is 89.7 Å². The molecular formula is C45H57F2N5O6S. The fourth-order valence-electron chi connectivity index (χ4n) is 10.7. The van der Waals surface area contributed by atoms with Gasteiger partial charge in [-0.3, -0.25) is 9.69 Å². The van der Waals surface area contributed by atoms with E-state index in [9.17, 15) is 23.1 Å². The minimum Gasteiger partial charge on any atom is -0.453 e. The molecule has 4 heterocycles. The number of alkyl carbamates (subject to hydrolysis) is 1. The summed E-state index contributed by atoms with van der Waals surface area (Å²) in [5.41, 5.74) is 0.337. The fourth-order valence-corrected chi connectivity index (χ4v) is 11.9. The van der Waals surface area contributed by atoms with Gasteiger partial charge in [0.15, 0.2) is 5.67 Å². The molecule has 3 atom stereocenters. The number of aliphatic hydroxyl groups excluding tert-OH is 1. The van der Waals surface area contributed by atoms with Gasteiger partial charge in [-0.05, 0) is 149 Å². The molecule has 3 aromatic carbocycles. The Balaban J connectivity index is 0.897. The van der Waals surface area contributed by atoms with Gasteiger partial charge < -0.3 is 29.9 Å². The van der Waals surface area contributed by atoms with E-state index in [0.717, 1.165) is 82.5 Å². The van der Waals surface area contributed by atoms with Gasteiger partial charge in [0.2, 0.25) is 9.84 Å². The van der Waals surface area contributed by atoms with E-state index in [1.54, 1.807) is 41.3 Å². The van der Waals surface area contributed by atoms with E-state index in [1.807, 2.05) is 4.90 Å². The number of carbonyl (C=O) groups excluding carboxylic acids is 2. The monoisotopic (exact) mass is 833 g/mol. The third-order valence-corrected chi connectivity index (χ3v) is 15.7. The lowest BCUT2D eigenvalue weighted by atomic mass is 9.57. The maximum atomic E-state index is 16.3. The fraction of sp³-hybridized carbons (Fsp3) is 0.556. The number of hydrogen-bond donors (Lipinski definition) is 2. The molecule has 318 valence electrons. The molecule has 0 radical (unpaired) electrons. The van der Waals surface area contributed by atoms with Gasteiger partial charge in [-0.25, -0.2) is 22.0 Å². The predicted octanol–water partition coefficient (Wildman–Crippen LogP) is 5.66. The Kier molecular flexibility index (Phi) is 12.1. The number of benzene rings is 3. The van der Waals surface area contributed by atoms with Crippen LogP contribution in [0.2, 0.25) is 0 Å². The second-order valence-electron chi connectivity index (χ2n) is 17.6. The van der Waals surface area contributed by atoms with Crippen LogP contribution in [0.25, 0.3) is 0 Å². The van der Waals surface area contributed by atoms with Crippen molar-refractivity contribution < 1.29 is 36.6 Å². The van der Waals surface area contributed by atoms with Gasteiger partial charge in [0.05, 0.1) is 36.1 Å². The number of rotatable bonds is 12. The molecule has 0 bridgehead atoms. The molecule has 11 nitrogen and oxygen atoms in total. The van der Waals surface area contributed by atoms with E-state index >= 15 is 8.78 Å². The summed E-state index contributed by atoms with van der Waals surface area (Å²) >= 11 is 0. The third kappa shape index (κ3) is 8.60. The number of nitrogens with zero attached hydrogens (tertiary/aromatic N) is 4. The topological polar surface area (TPSA) is 123 Å². The van der Waals surface area contributed by atoms with E-state index in [4.69, 9.17) is 4.74 Å². The van der Waals surface area contributed by atoms with Gasteiger partial charge in [-0.2, -0.15) is 0 Å². The average Bonchev–Trinajstić information content (AvgIpc) is 3.68. The number of alkyl halides is 1. The number of piperidine rings is 2. The summed E-state index contributed by atoms with van der Waals surface area (Å²) in [6.07, 6.45) is 5.77. The number of ether oxygens (including phenoxy) is 1. The Morgan fingerprint density at radius 3 is 2.12 bits per heavy atom. The van der Waals surface area contributed by atoms with E-state index < -0.39 is 33.1 Å². The van der Waals surface area contributed by atoms with Gasteiger partial charge in [-0.1, -0.05) is 18.6 Å². The molecule has 2 N–H and O–H groups in total. The summed E-state index contributed by atoms with van der Waals surface area (Å²) in [5.74, 6) is -0.125. The highest BCUT2D eigenvalue weighted by atomic mass is 32.2. The number of nitrogens with one attached hydrogen (secondary N) is 1. The largest absolute Gasteiger partial charge is 0.453 e. The molecule has 1 saturated carbocycles. The van der Waals surface area contributed by atoms with Crippen LogP contribution >= 0.6 is 0 Å². The molecule has 0 spiro atoms. The molecule has 8 rings (SSSR count). The lowest BCUT2D eigenvalue weighted by molar-refractivity contribution is 0.00584. The first kappa shape index (κ1) is 41.6. The lowest BCUT2D eigenvalue weighted by Crippen LogP contribution is -2.65. The van der Waals surface area contributed by atoms with Gasteiger partial charge in [0, 0.05) is 48.9 Å². The molecule has 4 aliphatic heterocycles. The standard InChI is InChI=1S/C45H57F2N5O6S/c1-58-43(55)48-41-8-3-7-40(41)45(31-49-21-4-22-49,34-5-2-6-35(46)27-34)33-17-23-50(24-18-33)28-44(47)29-52(30-44)36-11-15-39(16-12-36)59(56,57)38-13-9-32(10-14-38)42(54)51-25-19-37(53)20-26-51/h2,5-6,9-16,27,33,37,40-41,53H,3-4,7-8,17-26,28-31H2,1H3,(H,48,55)/t40-,41-,45-/m0/s1. The highest BCUT2D eigenvalue weighted by molar-refractivity contribution is 7.91. The van der Waals surface area contributed by atoms with E-state index in [-0.39, 0.29) is 52.5 Å². The Bertz CT molecular complexity index is 2060. The molecule has 3 aromatic rings. The van der Waals surface area contributed by atoms with Crippen molar-refractivity contribution in [2.75, 3.05) is 77.5 Å². The zero-order valence-electron chi connectivity index (χ0n) is 33.9. The molecule has 14 heteroatoms. The zero-order valence-corrected chi connectivity index (χ0v) is 34.7. The van der Waals surface area contributed by atoms with E-state index in [2.05, 4.69) is 21.2 Å². The number of methoxy groups -OCH3 is 1. The maximum Gasteiger partial charge on any atom is 0.407 e. The maximum absolute atomic E-state index is 16.3. The number of sulfone groups is 1. The zero-order chi connectivity index (χ0) is 41.4. The average molecular weight is 834 g/mol. The van der Waals surface area contributed by atoms with Crippen LogP contribution < -0.4 is 10.2 Å². The van der Waals surface area contributed by atoms with Crippen molar-refractivity contribution in [2.24, 2.45) is 11.8 Å². The van der Waals surface area contributed by atoms with Crippen LogP contribution in [-0.4, -0.2) is 131 Å². The summed E-state index contributed by atoms with van der Waals surface area (Å²) in [5, 5.41) is 12.9. The van der Waals surface area contributed by atoms with Crippen LogP contribution in [0.1, 0.15) is 67.3 Å². The number of likely N-dealkylation sites (tertiary alicyclic amines) is 3. The number of halogens is 2. The van der Waals surface area contributed by atoms with E-state index in [0.29, 0.717) is 38.0 Å². The molecule has 0 unspecified atom stereocenters. The van der Waals surface area contributed by atoms with E-state index in [1.165, 1.54) is 37.4 Å². The second-order valence-corrected chi connectivity index (χ2v) is 19.5. The Morgan fingerprint density at radius 2 is 1.51 bits per heavy atom. The first-order valence-corrected chi connectivity index (χ1v) is 22.8. The van der Waals surface area contributed by atoms with Gasteiger partial charge in [-0.15, -0.1) is 0 Å². The van der Waals surface area contributed by atoms with Crippen LogP contribution in [0.5, 0.6) is 0 Å². The Morgan fingerprint density at radius 1 is 0.847 bits per heavy atom. The minimum atomic E-state index is -3.85. The van der Waals surface area contributed by atoms with Crippen LogP contribution in [0, 0.1) is 17.7 Å². The first-order valence-electron chi connectivity index (χ1n) is 21.3. The summed E-state index contributed by atoms with van der Waals surface area (Å²) in [6.45, 7) is 5.88. The SMILES string of the molecule is COC(=O)N[C@H]1CCC[C@@H]1[C@](CN1CCC1)(c1cccc(F)c1)C1CCN(CC2(F)CN(c3ccc(S(=O)(=O)c4ccc(C(=O)N5CCC(O)CC5)cc4)cc3)C2)CC1. The Labute approximate surface area is 346 Å². The normalized spacial score (nSPS) is 24.2. The smallest absolute Gasteiger partial charge is 0.407 e. The summed E-state index contributed by atoms with van der Waals surface area (Å²) in [6, 6.07) is 19.5. The van der Waals surface area contributed by atoms with Crippen LogP contribution in [0.15, 0.2) is 82.6 Å². The number of amides is 2. The number of anilines is 1. The minimum absolute atomic E-state index is 0.0835. The molecular weight excluding hydrogens is 777 g/mol. The summed E-state index contributed by atoms with van der Waals surface area (Å²) < 4.78 is 63.4. The quantitative estimate of drug-likeness (QED) is 0.238. The van der Waals surface area contributed by atoms with Crippen LogP contribution in [-0.2, 0) is 20.0 Å². The number of hydrogen-bond acceptors (Lipinski definition) is 9. The van der Waals surface area contributed by atoms with Crippen molar-refractivity contribution in [3.8, 4) is 0 Å². The van der Waals surface area contributed by atoms with Crippen LogP contribution in [0.4, 0.5) is 19.3 Å². The highest BCUT2D eigenvalue weighted by Gasteiger charge is 2.54. The number of aliphatic hydroxyl groups is 1. The summed E-state index contributed by atoms with van der Waals surface area (Å²) in [4.78, 5) is 33.9. The molecule has 59 heavy (non-hydrogen) atoms. The molecule has 2 amide bonds. The van der Waals surface area contributed by atoms with Crippen molar-refractivity contribution in [3.63, 3.8) is 0 Å². The van der Waals surface area contributed by atoms with Crippen molar-refractivity contribution >= 4 is 27.5 Å². The van der Waals surface area contributed by atoms with Gasteiger partial charge in [0.1, 0.15) is 5.82 Å². The molecule has 4 saturated heterocycles. The molecule has 0 aromatic heterocycles. The van der Waals surface area contributed by atoms with Crippen LogP contribution in [0.3, 0.4) is 0 Å². The third-order valence-electron chi connectivity index (χ3n) is 13.9. The first-order chi connectivity index (χ1) is 28.4. The summed E-state index contributed by atoms with van der Waals surface area (Å²) in [7, 11) is -2.46. The molecule has 1 aliphatic carbocycles. The van der Waals surface area contributed by atoms with Gasteiger partial charge >= 0.3 is 6.09 Å². The Hall–Kier alpha value is -4.11. The predicted molar refractivity (Wildman–Crippen MR) is 221 cm³/mol.